The second-order valence-corrected chi connectivity index (χ2v) is 5.50. The lowest BCUT2D eigenvalue weighted by Crippen LogP contribution is -2.45. The van der Waals surface area contributed by atoms with Crippen molar-refractivity contribution in [3.63, 3.8) is 0 Å². The van der Waals surface area contributed by atoms with E-state index >= 15 is 0 Å². The van der Waals surface area contributed by atoms with Gasteiger partial charge in [-0.3, -0.25) is 4.79 Å². The molecule has 0 saturated carbocycles. The first-order valence-electron chi connectivity index (χ1n) is 7.27. The largest absolute Gasteiger partial charge is 0.480 e. The summed E-state index contributed by atoms with van der Waals surface area (Å²) in [5, 5.41) is 15.1. The van der Waals surface area contributed by atoms with E-state index in [-0.39, 0.29) is 11.8 Å². The van der Waals surface area contributed by atoms with Crippen LogP contribution in [0, 0.1) is 11.8 Å². The Kier molecular flexibility index (Phi) is 6.84. The zero-order valence-corrected chi connectivity index (χ0v) is 11.9. The summed E-state index contributed by atoms with van der Waals surface area (Å²) in [5.41, 5.74) is 0. The van der Waals surface area contributed by atoms with E-state index < -0.39 is 12.0 Å². The van der Waals surface area contributed by atoms with Crippen LogP contribution >= 0.6 is 0 Å². The number of carboxylic acid groups (broad SMARTS) is 1. The first-order chi connectivity index (χ1) is 9.04. The Labute approximate surface area is 115 Å². The molecular formula is C14H26N2O3. The van der Waals surface area contributed by atoms with Crippen LogP contribution in [0.2, 0.25) is 0 Å². The van der Waals surface area contributed by atoms with Crippen molar-refractivity contribution in [3.05, 3.63) is 0 Å². The minimum absolute atomic E-state index is 0.0414. The Balaban J connectivity index is 2.33. The standard InChI is InChI=1S/C14H26N2O3/c1-3-10(2)13(14(18)19)16-12(17)5-4-11-6-8-15-9-7-11/h10-11,13,15H,3-9H2,1-2H3,(H,16,17)(H,18,19)/t10?,13-/m0/s1. The molecule has 19 heavy (non-hydrogen) atoms. The Morgan fingerprint density at radius 3 is 2.53 bits per heavy atom. The third-order valence-electron chi connectivity index (χ3n) is 4.03. The topological polar surface area (TPSA) is 78.4 Å². The molecule has 5 heteroatoms. The van der Waals surface area contributed by atoms with E-state index in [9.17, 15) is 9.59 Å². The highest BCUT2D eigenvalue weighted by molar-refractivity contribution is 5.83. The summed E-state index contributed by atoms with van der Waals surface area (Å²) in [5.74, 6) is -0.519. The minimum atomic E-state index is -0.940. The molecule has 0 aromatic heterocycles. The summed E-state index contributed by atoms with van der Waals surface area (Å²) in [6.45, 7) is 5.83. The van der Waals surface area contributed by atoms with Gasteiger partial charge in [-0.05, 0) is 44.2 Å². The van der Waals surface area contributed by atoms with Crippen LogP contribution in [0.3, 0.4) is 0 Å². The van der Waals surface area contributed by atoms with Gasteiger partial charge in [-0.25, -0.2) is 4.79 Å². The van der Waals surface area contributed by atoms with Crippen molar-refractivity contribution in [2.45, 2.75) is 52.0 Å². The summed E-state index contributed by atoms with van der Waals surface area (Å²) in [7, 11) is 0. The Morgan fingerprint density at radius 2 is 2.00 bits per heavy atom. The molecule has 1 heterocycles. The smallest absolute Gasteiger partial charge is 0.326 e. The Morgan fingerprint density at radius 1 is 1.37 bits per heavy atom. The van der Waals surface area contributed by atoms with Crippen LogP contribution in [-0.4, -0.2) is 36.1 Å². The number of aliphatic carboxylic acids is 1. The highest BCUT2D eigenvalue weighted by atomic mass is 16.4. The number of amides is 1. The fraction of sp³-hybridized carbons (Fsp3) is 0.857. The zero-order chi connectivity index (χ0) is 14.3. The van der Waals surface area contributed by atoms with Crippen molar-refractivity contribution in [1.29, 1.82) is 0 Å². The number of hydrogen-bond donors (Lipinski definition) is 3. The highest BCUT2D eigenvalue weighted by Crippen LogP contribution is 2.17. The van der Waals surface area contributed by atoms with Crippen molar-refractivity contribution in [3.8, 4) is 0 Å². The lowest BCUT2D eigenvalue weighted by molar-refractivity contribution is -0.143. The number of carboxylic acids is 1. The molecule has 0 radical (unpaired) electrons. The average Bonchev–Trinajstić information content (AvgIpc) is 2.42. The molecule has 1 aliphatic rings. The van der Waals surface area contributed by atoms with Gasteiger partial charge in [0.05, 0.1) is 0 Å². The summed E-state index contributed by atoms with van der Waals surface area (Å²) < 4.78 is 0. The molecule has 3 N–H and O–H groups in total. The molecule has 0 spiro atoms. The second kappa shape index (κ2) is 8.15. The van der Waals surface area contributed by atoms with Gasteiger partial charge in [0.15, 0.2) is 0 Å². The van der Waals surface area contributed by atoms with Crippen LogP contribution in [-0.2, 0) is 9.59 Å². The predicted octanol–water partition coefficient (Wildman–Crippen LogP) is 1.38. The van der Waals surface area contributed by atoms with Gasteiger partial charge in [0.1, 0.15) is 6.04 Å². The molecule has 5 nitrogen and oxygen atoms in total. The van der Waals surface area contributed by atoms with E-state index in [0.29, 0.717) is 12.3 Å². The third kappa shape index (κ3) is 5.59. The zero-order valence-electron chi connectivity index (χ0n) is 11.9. The molecule has 0 aliphatic carbocycles. The molecule has 1 unspecified atom stereocenters. The van der Waals surface area contributed by atoms with Crippen molar-refractivity contribution in [1.82, 2.24) is 10.6 Å². The van der Waals surface area contributed by atoms with E-state index in [0.717, 1.165) is 38.8 Å². The van der Waals surface area contributed by atoms with Gasteiger partial charge in [-0.15, -0.1) is 0 Å². The van der Waals surface area contributed by atoms with Crippen LogP contribution in [0.25, 0.3) is 0 Å². The molecule has 0 aromatic carbocycles. The lowest BCUT2D eigenvalue weighted by atomic mass is 9.93. The van der Waals surface area contributed by atoms with Crippen molar-refractivity contribution >= 4 is 11.9 Å². The number of piperidine rings is 1. The monoisotopic (exact) mass is 270 g/mol. The molecule has 0 aromatic rings. The molecule has 1 amide bonds. The summed E-state index contributed by atoms with van der Waals surface area (Å²) in [4.78, 5) is 22.9. The number of carbonyl (C=O) groups is 2. The number of hydrogen-bond acceptors (Lipinski definition) is 3. The van der Waals surface area contributed by atoms with Crippen LogP contribution in [0.5, 0.6) is 0 Å². The van der Waals surface area contributed by atoms with Gasteiger partial charge in [0, 0.05) is 6.42 Å². The van der Waals surface area contributed by atoms with Crippen LogP contribution in [0.4, 0.5) is 0 Å². The molecule has 1 saturated heterocycles. The predicted molar refractivity (Wildman–Crippen MR) is 73.8 cm³/mol. The summed E-state index contributed by atoms with van der Waals surface area (Å²) in [6, 6.07) is -0.759. The molecule has 1 aliphatic heterocycles. The quantitative estimate of drug-likeness (QED) is 0.653. The van der Waals surface area contributed by atoms with Crippen LogP contribution in [0.1, 0.15) is 46.0 Å². The van der Waals surface area contributed by atoms with Gasteiger partial charge < -0.3 is 15.7 Å². The Hall–Kier alpha value is -1.10. The maximum atomic E-state index is 11.8. The molecule has 0 bridgehead atoms. The first kappa shape index (κ1) is 16.0. The number of nitrogens with one attached hydrogen (secondary N) is 2. The molecule has 1 rings (SSSR count). The SMILES string of the molecule is CCC(C)[C@H](NC(=O)CCC1CCNCC1)C(=O)O. The fourth-order valence-corrected chi connectivity index (χ4v) is 2.43. The molecule has 1 fully saturated rings. The third-order valence-corrected chi connectivity index (χ3v) is 4.03. The van der Waals surface area contributed by atoms with E-state index in [1.54, 1.807) is 0 Å². The molecule has 110 valence electrons. The van der Waals surface area contributed by atoms with Gasteiger partial charge in [-0.2, -0.15) is 0 Å². The fourth-order valence-electron chi connectivity index (χ4n) is 2.43. The van der Waals surface area contributed by atoms with Gasteiger partial charge >= 0.3 is 5.97 Å². The molecule has 2 atom stereocenters. The van der Waals surface area contributed by atoms with E-state index in [4.69, 9.17) is 5.11 Å². The first-order valence-corrected chi connectivity index (χ1v) is 7.27. The maximum absolute atomic E-state index is 11.8. The van der Waals surface area contributed by atoms with Crippen molar-refractivity contribution < 1.29 is 14.7 Å². The van der Waals surface area contributed by atoms with Gasteiger partial charge in [-0.1, -0.05) is 20.3 Å². The number of carbonyl (C=O) groups excluding carboxylic acids is 1. The highest BCUT2D eigenvalue weighted by Gasteiger charge is 2.25. The van der Waals surface area contributed by atoms with Crippen LogP contribution in [0.15, 0.2) is 0 Å². The van der Waals surface area contributed by atoms with Gasteiger partial charge in [0.25, 0.3) is 0 Å². The summed E-state index contributed by atoms with van der Waals surface area (Å²) in [6.07, 6.45) is 4.26. The van der Waals surface area contributed by atoms with E-state index in [1.165, 1.54) is 0 Å². The number of rotatable bonds is 7. The lowest BCUT2D eigenvalue weighted by Gasteiger charge is -2.23. The minimum Gasteiger partial charge on any atom is -0.480 e. The van der Waals surface area contributed by atoms with Gasteiger partial charge in [0.2, 0.25) is 5.91 Å². The summed E-state index contributed by atoms with van der Waals surface area (Å²) >= 11 is 0. The van der Waals surface area contributed by atoms with E-state index in [2.05, 4.69) is 10.6 Å². The molecular weight excluding hydrogens is 244 g/mol. The van der Waals surface area contributed by atoms with Crippen molar-refractivity contribution in [2.24, 2.45) is 11.8 Å². The Bertz CT molecular complexity index is 301. The average molecular weight is 270 g/mol. The maximum Gasteiger partial charge on any atom is 0.326 e. The van der Waals surface area contributed by atoms with Crippen LogP contribution < -0.4 is 10.6 Å². The van der Waals surface area contributed by atoms with Crippen molar-refractivity contribution in [2.75, 3.05) is 13.1 Å². The van der Waals surface area contributed by atoms with E-state index in [1.807, 2.05) is 13.8 Å². The normalized spacial score (nSPS) is 19.7. The second-order valence-electron chi connectivity index (χ2n) is 5.50.